The van der Waals surface area contributed by atoms with Crippen molar-refractivity contribution in [3.63, 3.8) is 0 Å². The van der Waals surface area contributed by atoms with Crippen LogP contribution in [-0.2, 0) is 16.1 Å². The fourth-order valence-corrected chi connectivity index (χ4v) is 3.17. The number of pyridine rings is 1. The van der Waals surface area contributed by atoms with Gasteiger partial charge < -0.3 is 19.4 Å². The second kappa shape index (κ2) is 10.0. The highest BCUT2D eigenvalue weighted by molar-refractivity contribution is 5.92. The first kappa shape index (κ1) is 22.2. The topological polar surface area (TPSA) is 114 Å². The second-order valence-corrected chi connectivity index (χ2v) is 7.35. The number of nitrogens with zero attached hydrogens (tertiary/aromatic N) is 7. The Balaban J connectivity index is 1.59. The molecule has 3 heterocycles. The highest BCUT2D eigenvalue weighted by Gasteiger charge is 2.23. The van der Waals surface area contributed by atoms with Gasteiger partial charge in [-0.25, -0.2) is 14.5 Å². The van der Waals surface area contributed by atoms with Crippen LogP contribution in [0.4, 0.5) is 5.82 Å². The molecule has 3 rings (SSSR count). The van der Waals surface area contributed by atoms with Crippen molar-refractivity contribution in [3.05, 3.63) is 35.8 Å². The summed E-state index contributed by atoms with van der Waals surface area (Å²) in [5.41, 5.74) is 0.630. The van der Waals surface area contributed by atoms with E-state index in [0.29, 0.717) is 31.8 Å². The summed E-state index contributed by atoms with van der Waals surface area (Å²) >= 11 is 0. The molecule has 2 amide bonds. The Morgan fingerprint density at radius 3 is 2.61 bits per heavy atom. The molecule has 0 spiro atoms. The summed E-state index contributed by atoms with van der Waals surface area (Å²) in [5.74, 6) is 0.0109. The van der Waals surface area contributed by atoms with Crippen LogP contribution in [0.5, 0.6) is 0 Å². The zero-order chi connectivity index (χ0) is 22.4. The molecule has 1 saturated heterocycles. The van der Waals surface area contributed by atoms with E-state index < -0.39 is 5.97 Å². The lowest BCUT2D eigenvalue weighted by Gasteiger charge is -2.22. The molecule has 2 aromatic heterocycles. The lowest BCUT2D eigenvalue weighted by Crippen LogP contribution is -2.35. The van der Waals surface area contributed by atoms with Gasteiger partial charge >= 0.3 is 5.97 Å². The van der Waals surface area contributed by atoms with E-state index in [1.807, 2.05) is 0 Å². The molecule has 0 N–H and O–H groups in total. The molecule has 2 aromatic rings. The summed E-state index contributed by atoms with van der Waals surface area (Å²) in [6.07, 6.45) is 3.77. The highest BCUT2D eigenvalue weighted by atomic mass is 16.5. The van der Waals surface area contributed by atoms with Crippen molar-refractivity contribution in [1.82, 2.24) is 29.8 Å². The van der Waals surface area contributed by atoms with E-state index in [2.05, 4.69) is 20.2 Å². The fourth-order valence-electron chi connectivity index (χ4n) is 3.17. The molecule has 0 aliphatic carbocycles. The van der Waals surface area contributed by atoms with Crippen LogP contribution >= 0.6 is 0 Å². The Labute approximate surface area is 180 Å². The number of likely N-dealkylation sites (N-methyl/N-ethyl adjacent to an activating group) is 1. The van der Waals surface area contributed by atoms with Gasteiger partial charge in [0, 0.05) is 46.5 Å². The number of carbonyl (C=O) groups excluding carboxylic acids is 3. The molecule has 31 heavy (non-hydrogen) atoms. The molecule has 0 bridgehead atoms. The molecular formula is C20H27N7O4. The summed E-state index contributed by atoms with van der Waals surface area (Å²) in [7, 11) is 3.32. The van der Waals surface area contributed by atoms with Crippen LogP contribution in [0, 0.1) is 0 Å². The molecule has 0 saturated carbocycles. The van der Waals surface area contributed by atoms with E-state index in [1.54, 1.807) is 38.1 Å². The largest absolute Gasteiger partial charge is 0.462 e. The van der Waals surface area contributed by atoms with Crippen molar-refractivity contribution in [1.29, 1.82) is 0 Å². The minimum atomic E-state index is -0.394. The molecule has 0 atom stereocenters. The Morgan fingerprint density at radius 1 is 1.13 bits per heavy atom. The number of ether oxygens (including phenoxy) is 1. The quantitative estimate of drug-likeness (QED) is 0.602. The summed E-state index contributed by atoms with van der Waals surface area (Å²) in [6.45, 7) is 4.53. The molecule has 0 radical (unpaired) electrons. The fraction of sp³-hybridized carbons (Fsp3) is 0.500. The molecular weight excluding hydrogens is 402 g/mol. The average Bonchev–Trinajstić information content (AvgIpc) is 3.08. The van der Waals surface area contributed by atoms with Gasteiger partial charge in [0.2, 0.25) is 5.91 Å². The summed E-state index contributed by atoms with van der Waals surface area (Å²) in [6, 6.07) is 3.48. The summed E-state index contributed by atoms with van der Waals surface area (Å²) in [5, 5.41) is 7.82. The van der Waals surface area contributed by atoms with Gasteiger partial charge in [-0.05, 0) is 25.5 Å². The molecule has 166 valence electrons. The van der Waals surface area contributed by atoms with Crippen LogP contribution in [0.15, 0.2) is 24.5 Å². The van der Waals surface area contributed by atoms with Gasteiger partial charge in [0.05, 0.1) is 18.4 Å². The zero-order valence-corrected chi connectivity index (χ0v) is 18.0. The smallest absolute Gasteiger partial charge is 0.339 e. The second-order valence-electron chi connectivity index (χ2n) is 7.35. The van der Waals surface area contributed by atoms with Gasteiger partial charge in [0.15, 0.2) is 5.69 Å². The van der Waals surface area contributed by atoms with Crippen molar-refractivity contribution in [3.8, 4) is 0 Å². The van der Waals surface area contributed by atoms with Crippen molar-refractivity contribution >= 4 is 23.6 Å². The Kier molecular flexibility index (Phi) is 7.16. The Morgan fingerprint density at radius 2 is 1.94 bits per heavy atom. The minimum Gasteiger partial charge on any atom is -0.462 e. The number of hydrogen-bond acceptors (Lipinski definition) is 8. The number of anilines is 1. The van der Waals surface area contributed by atoms with Gasteiger partial charge in [0.1, 0.15) is 12.4 Å². The van der Waals surface area contributed by atoms with Gasteiger partial charge in [0.25, 0.3) is 5.91 Å². The monoisotopic (exact) mass is 429 g/mol. The molecule has 1 fully saturated rings. The number of amides is 2. The van der Waals surface area contributed by atoms with Crippen LogP contribution in [-0.4, -0.2) is 94.4 Å². The maximum Gasteiger partial charge on any atom is 0.339 e. The zero-order valence-electron chi connectivity index (χ0n) is 18.0. The first-order valence-electron chi connectivity index (χ1n) is 10.2. The predicted molar refractivity (Wildman–Crippen MR) is 112 cm³/mol. The van der Waals surface area contributed by atoms with Gasteiger partial charge in [-0.1, -0.05) is 5.21 Å². The van der Waals surface area contributed by atoms with Crippen molar-refractivity contribution in [2.75, 3.05) is 51.8 Å². The van der Waals surface area contributed by atoms with Crippen molar-refractivity contribution < 1.29 is 19.1 Å². The normalized spacial score (nSPS) is 14.2. The van der Waals surface area contributed by atoms with Crippen LogP contribution in [0.2, 0.25) is 0 Å². The Hall–Kier alpha value is -3.50. The van der Waals surface area contributed by atoms with E-state index in [0.717, 1.165) is 18.8 Å². The van der Waals surface area contributed by atoms with Crippen LogP contribution < -0.4 is 4.90 Å². The molecule has 11 nitrogen and oxygen atoms in total. The maximum absolute atomic E-state index is 12.8. The molecule has 0 unspecified atom stereocenters. The van der Waals surface area contributed by atoms with E-state index in [1.165, 1.54) is 22.0 Å². The van der Waals surface area contributed by atoms with Crippen LogP contribution in [0.3, 0.4) is 0 Å². The van der Waals surface area contributed by atoms with Crippen molar-refractivity contribution in [2.24, 2.45) is 0 Å². The van der Waals surface area contributed by atoms with E-state index in [9.17, 15) is 14.4 Å². The lowest BCUT2D eigenvalue weighted by atomic mass is 10.2. The van der Waals surface area contributed by atoms with E-state index >= 15 is 0 Å². The summed E-state index contributed by atoms with van der Waals surface area (Å²) < 4.78 is 6.35. The number of aromatic nitrogens is 4. The lowest BCUT2D eigenvalue weighted by molar-refractivity contribution is -0.129. The first-order chi connectivity index (χ1) is 14.9. The standard InChI is InChI=1S/C20H27N7O4/c1-4-31-20(30)15-6-7-17(21-12-15)25-8-5-9-26(11-10-25)19(29)16-13-27(23-22-16)14-18(28)24(2)3/h6-7,12-13H,4-5,8-11,14H2,1-3H3. The molecule has 1 aliphatic rings. The average molecular weight is 429 g/mol. The molecule has 1 aliphatic heterocycles. The number of hydrogen-bond donors (Lipinski definition) is 0. The van der Waals surface area contributed by atoms with Gasteiger partial charge in [-0.3, -0.25) is 9.59 Å². The third-order valence-corrected chi connectivity index (χ3v) is 4.92. The number of esters is 1. The van der Waals surface area contributed by atoms with Gasteiger partial charge in [-0.15, -0.1) is 5.10 Å². The predicted octanol–water partition coefficient (Wildman–Crippen LogP) is 0.291. The molecule has 11 heteroatoms. The molecule has 0 aromatic carbocycles. The van der Waals surface area contributed by atoms with Crippen LogP contribution in [0.25, 0.3) is 0 Å². The third kappa shape index (κ3) is 5.56. The SMILES string of the molecule is CCOC(=O)c1ccc(N2CCCN(C(=O)c3cn(CC(=O)N(C)C)nn3)CC2)nc1. The highest BCUT2D eigenvalue weighted by Crippen LogP contribution is 2.16. The minimum absolute atomic E-state index is 0.0362. The first-order valence-corrected chi connectivity index (χ1v) is 10.2. The summed E-state index contributed by atoms with van der Waals surface area (Å²) in [4.78, 5) is 46.1. The van der Waals surface area contributed by atoms with E-state index in [-0.39, 0.29) is 24.1 Å². The van der Waals surface area contributed by atoms with Crippen LogP contribution in [0.1, 0.15) is 34.2 Å². The number of carbonyl (C=O) groups is 3. The van der Waals surface area contributed by atoms with E-state index in [4.69, 9.17) is 4.74 Å². The van der Waals surface area contributed by atoms with Gasteiger partial charge in [-0.2, -0.15) is 0 Å². The number of rotatable bonds is 6. The Bertz CT molecular complexity index is 926. The third-order valence-electron chi connectivity index (χ3n) is 4.92. The maximum atomic E-state index is 12.8. The van der Waals surface area contributed by atoms with Crippen molar-refractivity contribution in [2.45, 2.75) is 19.9 Å².